The summed E-state index contributed by atoms with van der Waals surface area (Å²) in [6.07, 6.45) is 0. The third-order valence-corrected chi connectivity index (χ3v) is 2.80. The van der Waals surface area contributed by atoms with Crippen molar-refractivity contribution in [2.45, 2.75) is 19.8 Å². The lowest BCUT2D eigenvalue weighted by Crippen LogP contribution is -2.14. The Morgan fingerprint density at radius 2 is 2.20 bits per heavy atom. The summed E-state index contributed by atoms with van der Waals surface area (Å²) in [5.41, 5.74) is -0.434. The number of rotatable bonds is 4. The lowest BCUT2D eigenvalue weighted by Gasteiger charge is -2.11. The van der Waals surface area contributed by atoms with Crippen LogP contribution in [-0.4, -0.2) is 16.6 Å². The maximum absolute atomic E-state index is 13.3. The van der Waals surface area contributed by atoms with Gasteiger partial charge in [0.25, 0.3) is 11.5 Å². The Morgan fingerprint density at radius 3 is 2.80 bits per heavy atom. The number of halogens is 2. The first-order chi connectivity index (χ1) is 9.32. The van der Waals surface area contributed by atoms with Crippen LogP contribution in [0.2, 0.25) is 0 Å². The molecule has 106 valence electrons. The van der Waals surface area contributed by atoms with Gasteiger partial charge in [0.2, 0.25) is 0 Å². The summed E-state index contributed by atoms with van der Waals surface area (Å²) >= 11 is 0. The minimum Gasteiger partial charge on any atom is -0.491 e. The fourth-order valence-electron chi connectivity index (χ4n) is 1.79. The number of aromatic nitrogens is 2. The summed E-state index contributed by atoms with van der Waals surface area (Å²) in [6, 6.07) is 3.75. The van der Waals surface area contributed by atoms with Crippen molar-refractivity contribution in [3.05, 3.63) is 46.5 Å². The maximum Gasteiger partial charge on any atom is 0.270 e. The van der Waals surface area contributed by atoms with Crippen LogP contribution in [0.1, 0.15) is 25.2 Å². The van der Waals surface area contributed by atoms with Gasteiger partial charge in [-0.05, 0) is 19.1 Å². The summed E-state index contributed by atoms with van der Waals surface area (Å²) in [4.78, 5) is 18.5. The van der Waals surface area contributed by atoms with Gasteiger partial charge in [-0.3, -0.25) is 4.79 Å². The van der Waals surface area contributed by atoms with Gasteiger partial charge in [0.05, 0.1) is 17.5 Å². The van der Waals surface area contributed by atoms with Gasteiger partial charge in [-0.25, -0.2) is 13.8 Å². The van der Waals surface area contributed by atoms with Gasteiger partial charge < -0.3 is 9.72 Å². The van der Waals surface area contributed by atoms with Gasteiger partial charge in [0, 0.05) is 12.5 Å². The SMILES string of the molecule is C=C(OCC)c1nc2cc(C(C)(F)F)ccc2c(=O)[nH]1. The molecule has 2 aromatic rings. The third-order valence-electron chi connectivity index (χ3n) is 2.80. The lowest BCUT2D eigenvalue weighted by molar-refractivity contribution is 0.0176. The van der Waals surface area contributed by atoms with Crippen LogP contribution >= 0.6 is 0 Å². The predicted molar refractivity (Wildman–Crippen MR) is 72.6 cm³/mol. The van der Waals surface area contributed by atoms with Gasteiger partial charge in [-0.15, -0.1) is 0 Å². The van der Waals surface area contributed by atoms with Gasteiger partial charge >= 0.3 is 0 Å². The number of ether oxygens (including phenoxy) is 1. The summed E-state index contributed by atoms with van der Waals surface area (Å²) < 4.78 is 31.8. The molecule has 1 heterocycles. The second kappa shape index (κ2) is 5.03. The molecule has 20 heavy (non-hydrogen) atoms. The van der Waals surface area contributed by atoms with Crippen molar-refractivity contribution < 1.29 is 13.5 Å². The molecule has 0 fully saturated rings. The van der Waals surface area contributed by atoms with Crippen molar-refractivity contribution in [2.24, 2.45) is 0 Å². The molecule has 6 heteroatoms. The summed E-state index contributed by atoms with van der Waals surface area (Å²) in [5, 5.41) is 0.242. The molecule has 0 unspecified atom stereocenters. The van der Waals surface area contributed by atoms with E-state index in [2.05, 4.69) is 16.5 Å². The normalized spacial score (nSPS) is 11.6. The number of benzene rings is 1. The topological polar surface area (TPSA) is 55.0 Å². The highest BCUT2D eigenvalue weighted by Crippen LogP contribution is 2.28. The van der Waals surface area contributed by atoms with Gasteiger partial charge in [0.1, 0.15) is 0 Å². The molecule has 0 aliphatic rings. The smallest absolute Gasteiger partial charge is 0.270 e. The molecular formula is C14H14F2N2O2. The number of hydrogen-bond donors (Lipinski definition) is 1. The number of nitrogens with one attached hydrogen (secondary N) is 1. The zero-order valence-corrected chi connectivity index (χ0v) is 11.2. The van der Waals surface area contributed by atoms with Crippen LogP contribution in [0.5, 0.6) is 0 Å². The van der Waals surface area contributed by atoms with Crippen molar-refractivity contribution in [1.29, 1.82) is 0 Å². The average molecular weight is 280 g/mol. The monoisotopic (exact) mass is 280 g/mol. The first kappa shape index (κ1) is 14.2. The molecule has 2 rings (SSSR count). The minimum atomic E-state index is -2.99. The van der Waals surface area contributed by atoms with Crippen LogP contribution in [0.15, 0.2) is 29.6 Å². The standard InChI is InChI=1S/C14H14F2N2O2/c1-4-20-8(2)12-17-11-7-9(14(3,15)16)5-6-10(11)13(19)18-12/h5-7H,2,4H2,1,3H3,(H,17,18,19). The van der Waals surface area contributed by atoms with Crippen LogP contribution in [0.3, 0.4) is 0 Å². The molecule has 0 radical (unpaired) electrons. The number of nitrogens with zero attached hydrogens (tertiary/aromatic N) is 1. The zero-order chi connectivity index (χ0) is 14.9. The largest absolute Gasteiger partial charge is 0.491 e. The number of H-pyrrole nitrogens is 1. The van der Waals surface area contributed by atoms with Gasteiger partial charge in [0.15, 0.2) is 11.6 Å². The highest BCUT2D eigenvalue weighted by atomic mass is 19.3. The fraction of sp³-hybridized carbons (Fsp3) is 0.286. The summed E-state index contributed by atoms with van der Waals surface area (Å²) in [6.45, 7) is 6.56. The Labute approximate surface area is 114 Å². The predicted octanol–water partition coefficient (Wildman–Crippen LogP) is 3.04. The van der Waals surface area contributed by atoms with Crippen LogP contribution < -0.4 is 5.56 Å². The molecule has 1 aromatic carbocycles. The van der Waals surface area contributed by atoms with Crippen molar-refractivity contribution in [3.8, 4) is 0 Å². The molecule has 0 saturated heterocycles. The Bertz CT molecular complexity index is 717. The molecule has 0 atom stereocenters. The molecular weight excluding hydrogens is 266 g/mol. The van der Waals surface area contributed by atoms with Crippen LogP contribution in [0, 0.1) is 0 Å². The molecule has 4 nitrogen and oxygen atoms in total. The van der Waals surface area contributed by atoms with Crippen LogP contribution in [0.25, 0.3) is 16.7 Å². The first-order valence-corrected chi connectivity index (χ1v) is 6.07. The number of alkyl halides is 2. The number of fused-ring (bicyclic) bond motifs is 1. The molecule has 0 amide bonds. The van der Waals surface area contributed by atoms with E-state index >= 15 is 0 Å². The number of hydrogen-bond acceptors (Lipinski definition) is 3. The van der Waals surface area contributed by atoms with Crippen molar-refractivity contribution in [3.63, 3.8) is 0 Å². The van der Waals surface area contributed by atoms with E-state index in [0.29, 0.717) is 6.61 Å². The molecule has 0 bridgehead atoms. The molecule has 1 N–H and O–H groups in total. The van der Waals surface area contributed by atoms with E-state index in [0.717, 1.165) is 6.92 Å². The molecule has 0 saturated carbocycles. The quantitative estimate of drug-likeness (QED) is 0.876. The Hall–Kier alpha value is -2.24. The average Bonchev–Trinajstić information content (AvgIpc) is 2.37. The third kappa shape index (κ3) is 2.68. The van der Waals surface area contributed by atoms with Crippen molar-refractivity contribution in [1.82, 2.24) is 9.97 Å². The van der Waals surface area contributed by atoms with E-state index in [1.54, 1.807) is 6.92 Å². The summed E-state index contributed by atoms with van der Waals surface area (Å²) in [7, 11) is 0. The Balaban J connectivity index is 2.62. The fourth-order valence-corrected chi connectivity index (χ4v) is 1.79. The molecule has 0 aliphatic heterocycles. The highest BCUT2D eigenvalue weighted by Gasteiger charge is 2.24. The van der Waals surface area contributed by atoms with E-state index in [4.69, 9.17) is 4.74 Å². The van der Waals surface area contributed by atoms with E-state index in [-0.39, 0.29) is 28.0 Å². The molecule has 1 aromatic heterocycles. The van der Waals surface area contributed by atoms with Crippen molar-refractivity contribution in [2.75, 3.05) is 6.61 Å². The van der Waals surface area contributed by atoms with Crippen LogP contribution in [-0.2, 0) is 10.7 Å². The van der Waals surface area contributed by atoms with E-state index in [1.165, 1.54) is 18.2 Å². The molecule has 0 aliphatic carbocycles. The van der Waals surface area contributed by atoms with Crippen molar-refractivity contribution >= 4 is 16.7 Å². The van der Waals surface area contributed by atoms with E-state index in [1.807, 2.05) is 0 Å². The first-order valence-electron chi connectivity index (χ1n) is 6.07. The summed E-state index contributed by atoms with van der Waals surface area (Å²) in [5.74, 6) is -2.66. The second-order valence-corrected chi connectivity index (χ2v) is 4.39. The van der Waals surface area contributed by atoms with E-state index < -0.39 is 11.5 Å². The highest BCUT2D eigenvalue weighted by molar-refractivity contribution is 5.79. The lowest BCUT2D eigenvalue weighted by atomic mass is 10.1. The minimum absolute atomic E-state index is 0.140. The maximum atomic E-state index is 13.3. The second-order valence-electron chi connectivity index (χ2n) is 4.39. The number of aromatic amines is 1. The molecule has 0 spiro atoms. The Kier molecular flexibility index (Phi) is 3.57. The van der Waals surface area contributed by atoms with Crippen LogP contribution in [0.4, 0.5) is 8.78 Å². The van der Waals surface area contributed by atoms with E-state index in [9.17, 15) is 13.6 Å². The van der Waals surface area contributed by atoms with Gasteiger partial charge in [-0.1, -0.05) is 12.6 Å². The van der Waals surface area contributed by atoms with Gasteiger partial charge in [-0.2, -0.15) is 0 Å². The Morgan fingerprint density at radius 1 is 1.50 bits per heavy atom. The zero-order valence-electron chi connectivity index (χ0n) is 11.2.